The number of thiophene rings is 1. The van der Waals surface area contributed by atoms with Crippen molar-refractivity contribution in [2.75, 3.05) is 6.61 Å². The Bertz CT molecular complexity index is 1470. The van der Waals surface area contributed by atoms with Crippen molar-refractivity contribution in [1.82, 2.24) is 9.13 Å². The van der Waals surface area contributed by atoms with Gasteiger partial charge in [-0.1, -0.05) is 29.3 Å². The summed E-state index contributed by atoms with van der Waals surface area (Å²) in [4.78, 5) is 29.3. The van der Waals surface area contributed by atoms with Crippen molar-refractivity contribution in [3.8, 4) is 11.4 Å². The molecule has 170 valence electrons. The van der Waals surface area contributed by atoms with Crippen molar-refractivity contribution >= 4 is 44.8 Å². The first-order valence-electron chi connectivity index (χ1n) is 10.9. The minimum absolute atomic E-state index is 0.260. The van der Waals surface area contributed by atoms with Crippen molar-refractivity contribution in [3.63, 3.8) is 0 Å². The van der Waals surface area contributed by atoms with E-state index in [4.69, 9.17) is 27.9 Å². The van der Waals surface area contributed by atoms with E-state index in [1.54, 1.807) is 52.3 Å². The summed E-state index contributed by atoms with van der Waals surface area (Å²) in [6, 6.07) is 12.4. The molecule has 33 heavy (non-hydrogen) atoms. The molecule has 5 rings (SSSR count). The van der Waals surface area contributed by atoms with Gasteiger partial charge in [0.05, 0.1) is 34.3 Å². The van der Waals surface area contributed by atoms with Crippen molar-refractivity contribution in [1.29, 1.82) is 0 Å². The number of hydrogen-bond acceptors (Lipinski definition) is 4. The zero-order valence-electron chi connectivity index (χ0n) is 18.1. The van der Waals surface area contributed by atoms with E-state index in [0.29, 0.717) is 40.0 Å². The number of hydrogen-bond donors (Lipinski definition) is 0. The molecule has 0 bridgehead atoms. The quantitative estimate of drug-likeness (QED) is 0.345. The molecule has 0 saturated carbocycles. The third-order valence-electron chi connectivity index (χ3n) is 5.97. The predicted octanol–water partition coefficient (Wildman–Crippen LogP) is 5.85. The number of fused-ring (bicyclic) bond motifs is 3. The normalized spacial score (nSPS) is 13.3. The first kappa shape index (κ1) is 22.3. The van der Waals surface area contributed by atoms with Crippen LogP contribution < -0.4 is 16.0 Å². The van der Waals surface area contributed by atoms with Crippen LogP contribution in [-0.2, 0) is 19.4 Å². The molecule has 0 amide bonds. The van der Waals surface area contributed by atoms with Gasteiger partial charge in [-0.3, -0.25) is 9.36 Å². The van der Waals surface area contributed by atoms with Crippen molar-refractivity contribution in [2.24, 2.45) is 0 Å². The molecule has 0 fully saturated rings. The number of rotatable bonds is 5. The van der Waals surface area contributed by atoms with Gasteiger partial charge < -0.3 is 4.74 Å². The lowest BCUT2D eigenvalue weighted by Crippen LogP contribution is -2.39. The molecule has 0 unspecified atom stereocenters. The van der Waals surface area contributed by atoms with E-state index in [-0.39, 0.29) is 11.2 Å². The van der Waals surface area contributed by atoms with Crippen molar-refractivity contribution < 1.29 is 4.74 Å². The third-order valence-corrected chi connectivity index (χ3v) is 8.02. The second-order valence-corrected chi connectivity index (χ2v) is 9.97. The first-order valence-corrected chi connectivity index (χ1v) is 12.5. The van der Waals surface area contributed by atoms with Crippen LogP contribution in [0.5, 0.6) is 5.75 Å². The summed E-state index contributed by atoms with van der Waals surface area (Å²) in [6.07, 6.45) is 3.95. The van der Waals surface area contributed by atoms with E-state index in [0.717, 1.165) is 41.6 Å². The Hall–Kier alpha value is -2.54. The maximum atomic E-state index is 13.7. The molecule has 0 radical (unpaired) electrons. The highest BCUT2D eigenvalue weighted by Gasteiger charge is 2.24. The maximum absolute atomic E-state index is 13.7. The van der Waals surface area contributed by atoms with Crippen LogP contribution in [0.3, 0.4) is 0 Å². The largest absolute Gasteiger partial charge is 0.494 e. The lowest BCUT2D eigenvalue weighted by Gasteiger charge is -2.14. The summed E-state index contributed by atoms with van der Waals surface area (Å²) in [5.41, 5.74) is 1.82. The van der Waals surface area contributed by atoms with Crippen LogP contribution >= 0.6 is 34.5 Å². The Labute approximate surface area is 204 Å². The van der Waals surface area contributed by atoms with Gasteiger partial charge in [0, 0.05) is 4.88 Å². The molecule has 8 heteroatoms. The molecule has 0 N–H and O–H groups in total. The average molecular weight is 501 g/mol. The molecule has 2 heterocycles. The van der Waals surface area contributed by atoms with Crippen LogP contribution in [0, 0.1) is 0 Å². The van der Waals surface area contributed by atoms with E-state index in [2.05, 4.69) is 0 Å². The topological polar surface area (TPSA) is 53.2 Å². The highest BCUT2D eigenvalue weighted by atomic mass is 35.5. The third kappa shape index (κ3) is 4.01. The Morgan fingerprint density at radius 3 is 2.48 bits per heavy atom. The zero-order chi connectivity index (χ0) is 23.1. The molecule has 0 spiro atoms. The summed E-state index contributed by atoms with van der Waals surface area (Å²) >= 11 is 13.9. The second kappa shape index (κ2) is 9.01. The number of aryl methyl sites for hydroxylation is 2. The van der Waals surface area contributed by atoms with Crippen LogP contribution in [0.2, 0.25) is 10.0 Å². The van der Waals surface area contributed by atoms with Gasteiger partial charge in [-0.05, 0) is 80.1 Å². The van der Waals surface area contributed by atoms with Crippen LogP contribution in [0.15, 0.2) is 52.1 Å². The molecule has 1 aliphatic rings. The van der Waals surface area contributed by atoms with Gasteiger partial charge in [-0.2, -0.15) is 0 Å². The number of ether oxygens (including phenoxy) is 1. The molecule has 5 nitrogen and oxygen atoms in total. The van der Waals surface area contributed by atoms with Gasteiger partial charge in [0.25, 0.3) is 5.56 Å². The number of benzene rings is 2. The smallest absolute Gasteiger partial charge is 0.337 e. The van der Waals surface area contributed by atoms with E-state index in [1.807, 2.05) is 13.0 Å². The number of halogens is 2. The van der Waals surface area contributed by atoms with Crippen molar-refractivity contribution in [3.05, 3.63) is 89.4 Å². The number of aromatic nitrogens is 2. The predicted molar refractivity (Wildman–Crippen MR) is 135 cm³/mol. The average Bonchev–Trinajstić information content (AvgIpc) is 3.20. The molecule has 0 aliphatic heterocycles. The maximum Gasteiger partial charge on any atom is 0.337 e. The summed E-state index contributed by atoms with van der Waals surface area (Å²) in [6.45, 7) is 2.75. The van der Waals surface area contributed by atoms with E-state index < -0.39 is 0 Å². The standard InChI is InChI=1S/C25H22Cl2N2O3S/c1-2-32-17-10-8-16(9-11-17)29-23(30)22-18-5-3-4-6-21(18)33-24(22)28(25(29)31)14-15-7-12-19(26)20(27)13-15/h7-13H,2-6,14H2,1H3. The Kier molecular flexibility index (Phi) is 6.08. The lowest BCUT2D eigenvalue weighted by atomic mass is 9.97. The summed E-state index contributed by atoms with van der Waals surface area (Å²) in [5, 5.41) is 1.55. The molecule has 1 aliphatic carbocycles. The van der Waals surface area contributed by atoms with Gasteiger partial charge in [-0.25, -0.2) is 9.36 Å². The molecule has 4 aromatic rings. The summed E-state index contributed by atoms with van der Waals surface area (Å²) in [5.74, 6) is 0.694. The van der Waals surface area contributed by atoms with Crippen LogP contribution in [0.4, 0.5) is 0 Å². The minimum Gasteiger partial charge on any atom is -0.494 e. The molecule has 2 aromatic heterocycles. The summed E-state index contributed by atoms with van der Waals surface area (Å²) < 4.78 is 8.49. The van der Waals surface area contributed by atoms with E-state index in [9.17, 15) is 9.59 Å². The molecule has 0 atom stereocenters. The van der Waals surface area contributed by atoms with E-state index in [1.165, 1.54) is 9.44 Å². The van der Waals surface area contributed by atoms with Gasteiger partial charge in [0.2, 0.25) is 0 Å². The van der Waals surface area contributed by atoms with Crippen LogP contribution in [-0.4, -0.2) is 15.7 Å². The van der Waals surface area contributed by atoms with E-state index >= 15 is 0 Å². The SMILES string of the molecule is CCOc1ccc(-n2c(=O)c3c4c(sc3n(Cc3ccc(Cl)c(Cl)c3)c2=O)CCCC4)cc1. The van der Waals surface area contributed by atoms with Crippen LogP contribution in [0.1, 0.15) is 35.8 Å². The fourth-order valence-corrected chi connectivity index (χ4v) is 6.11. The fourth-order valence-electron chi connectivity index (χ4n) is 4.41. The summed E-state index contributed by atoms with van der Waals surface area (Å²) in [7, 11) is 0. The number of nitrogens with zero attached hydrogens (tertiary/aromatic N) is 2. The van der Waals surface area contributed by atoms with Gasteiger partial charge >= 0.3 is 5.69 Å². The van der Waals surface area contributed by atoms with Gasteiger partial charge in [0.1, 0.15) is 10.6 Å². The fraction of sp³-hybridized carbons (Fsp3) is 0.280. The Balaban J connectivity index is 1.76. The molecule has 2 aromatic carbocycles. The lowest BCUT2D eigenvalue weighted by molar-refractivity contribution is 0.340. The Morgan fingerprint density at radius 2 is 1.76 bits per heavy atom. The molecule has 0 saturated heterocycles. The monoisotopic (exact) mass is 500 g/mol. The first-order chi connectivity index (χ1) is 16.0. The van der Waals surface area contributed by atoms with Crippen molar-refractivity contribution in [2.45, 2.75) is 39.2 Å². The van der Waals surface area contributed by atoms with Gasteiger partial charge in [0.15, 0.2) is 0 Å². The minimum atomic E-state index is -0.374. The van der Waals surface area contributed by atoms with Crippen LogP contribution in [0.25, 0.3) is 15.9 Å². The Morgan fingerprint density at radius 1 is 1.00 bits per heavy atom. The highest BCUT2D eigenvalue weighted by molar-refractivity contribution is 7.18. The molecular weight excluding hydrogens is 479 g/mol. The second-order valence-electron chi connectivity index (χ2n) is 8.08. The molecular formula is C25H22Cl2N2O3S. The van der Waals surface area contributed by atoms with Gasteiger partial charge in [-0.15, -0.1) is 11.3 Å². The zero-order valence-corrected chi connectivity index (χ0v) is 20.4. The highest BCUT2D eigenvalue weighted by Crippen LogP contribution is 2.35.